The summed E-state index contributed by atoms with van der Waals surface area (Å²) in [5.41, 5.74) is 0.764. The van der Waals surface area contributed by atoms with E-state index in [1.165, 1.54) is 11.1 Å². The highest BCUT2D eigenvalue weighted by atomic mass is 32.2. The van der Waals surface area contributed by atoms with Gasteiger partial charge in [0.05, 0.1) is 25.4 Å². The first kappa shape index (κ1) is 16.3. The van der Waals surface area contributed by atoms with Crippen LogP contribution in [0.15, 0.2) is 6.20 Å². The van der Waals surface area contributed by atoms with Gasteiger partial charge in [-0.2, -0.15) is 9.19 Å². The molecule has 1 fully saturated rings. The maximum atomic E-state index is 12.5. The van der Waals surface area contributed by atoms with Crippen LogP contribution in [-0.2, 0) is 32.6 Å². The Labute approximate surface area is 135 Å². The van der Waals surface area contributed by atoms with Crippen LogP contribution in [0.2, 0.25) is 0 Å². The molecule has 1 aromatic rings. The normalized spacial score (nSPS) is 21.5. The van der Waals surface area contributed by atoms with E-state index in [9.17, 15) is 13.2 Å². The first-order valence-corrected chi connectivity index (χ1v) is 9.04. The fraction of sp³-hybridized carbons (Fsp3) is 0.714. The summed E-state index contributed by atoms with van der Waals surface area (Å²) in [6.07, 6.45) is 1.55. The van der Waals surface area contributed by atoms with Crippen molar-refractivity contribution in [3.8, 4) is 0 Å². The molecule has 0 bridgehead atoms. The van der Waals surface area contributed by atoms with Crippen LogP contribution in [0.1, 0.15) is 38.4 Å². The molecule has 3 rings (SSSR count). The van der Waals surface area contributed by atoms with E-state index < -0.39 is 27.0 Å². The Morgan fingerprint density at radius 2 is 2.13 bits per heavy atom. The number of rotatable bonds is 2. The van der Waals surface area contributed by atoms with Crippen molar-refractivity contribution >= 4 is 16.1 Å². The fourth-order valence-electron chi connectivity index (χ4n) is 2.61. The molecule has 23 heavy (non-hydrogen) atoms. The second kappa shape index (κ2) is 5.48. The van der Waals surface area contributed by atoms with Crippen molar-refractivity contribution < 1.29 is 22.7 Å². The molecule has 1 amide bonds. The zero-order valence-corrected chi connectivity index (χ0v) is 14.3. The van der Waals surface area contributed by atoms with E-state index >= 15 is 0 Å². The molecule has 0 spiro atoms. The number of amides is 1. The quantitative estimate of drug-likeness (QED) is 0.799. The molecule has 0 radical (unpaired) electrons. The molecule has 8 nitrogen and oxygen atoms in total. The van der Waals surface area contributed by atoms with Crippen LogP contribution >= 0.6 is 0 Å². The molecular formula is C14H21N3O5S. The smallest absolute Gasteiger partial charge is 0.410 e. The number of carbonyl (C=O) groups is 1. The van der Waals surface area contributed by atoms with Gasteiger partial charge in [0, 0.05) is 18.4 Å². The zero-order chi connectivity index (χ0) is 16.8. The molecule has 1 atom stereocenters. The first-order chi connectivity index (χ1) is 10.7. The number of nitrogens with zero attached hydrogens (tertiary/aromatic N) is 3. The van der Waals surface area contributed by atoms with Crippen molar-refractivity contribution in [2.24, 2.45) is 0 Å². The number of carbonyl (C=O) groups excluding carboxylic acids is 1. The topological polar surface area (TPSA) is 90.7 Å². The van der Waals surface area contributed by atoms with Crippen LogP contribution in [-0.4, -0.2) is 52.7 Å². The molecule has 9 heteroatoms. The number of hydrogen-bond acceptors (Lipinski definition) is 6. The maximum Gasteiger partial charge on any atom is 0.410 e. The predicted molar refractivity (Wildman–Crippen MR) is 81.2 cm³/mol. The molecule has 2 aliphatic heterocycles. The molecule has 128 valence electrons. The Hall–Kier alpha value is -1.61. The average Bonchev–Trinajstić information content (AvgIpc) is 3.12. The lowest BCUT2D eigenvalue weighted by Crippen LogP contribution is -2.34. The van der Waals surface area contributed by atoms with E-state index in [1.807, 2.05) is 0 Å². The van der Waals surface area contributed by atoms with Crippen molar-refractivity contribution in [3.63, 3.8) is 0 Å². The van der Waals surface area contributed by atoms with Crippen LogP contribution in [0.4, 0.5) is 4.79 Å². The van der Waals surface area contributed by atoms with Crippen LogP contribution in [0.25, 0.3) is 0 Å². The first-order valence-electron chi connectivity index (χ1n) is 7.54. The monoisotopic (exact) mass is 343 g/mol. The van der Waals surface area contributed by atoms with Gasteiger partial charge in [-0.15, -0.1) is 0 Å². The van der Waals surface area contributed by atoms with Crippen LogP contribution < -0.4 is 0 Å². The van der Waals surface area contributed by atoms with E-state index in [0.29, 0.717) is 25.3 Å². The second-order valence-corrected chi connectivity index (χ2v) is 8.91. The highest BCUT2D eigenvalue weighted by molar-refractivity contribution is 7.90. The number of aromatic nitrogens is 2. The third-order valence-electron chi connectivity index (χ3n) is 3.78. The lowest BCUT2D eigenvalue weighted by atomic mass is 10.2. The SMILES string of the molecule is CC(C)(C)OC(=O)N1Cc2cn(S(=O)(=O)C3CCOC3)nc2C1. The minimum Gasteiger partial charge on any atom is -0.444 e. The zero-order valence-electron chi connectivity index (χ0n) is 13.5. The Balaban J connectivity index is 1.72. The fourth-order valence-corrected chi connectivity index (χ4v) is 4.07. The predicted octanol–water partition coefficient (Wildman–Crippen LogP) is 1.10. The molecule has 0 aromatic carbocycles. The van der Waals surface area contributed by atoms with Gasteiger partial charge in [-0.1, -0.05) is 0 Å². The van der Waals surface area contributed by atoms with Gasteiger partial charge in [-0.05, 0) is 27.2 Å². The molecule has 2 aliphatic rings. The van der Waals surface area contributed by atoms with E-state index in [0.717, 1.165) is 9.65 Å². The van der Waals surface area contributed by atoms with Gasteiger partial charge in [0.25, 0.3) is 10.0 Å². The van der Waals surface area contributed by atoms with Gasteiger partial charge in [-0.3, -0.25) is 4.90 Å². The van der Waals surface area contributed by atoms with Gasteiger partial charge >= 0.3 is 6.09 Å². The molecule has 1 saturated heterocycles. The van der Waals surface area contributed by atoms with Gasteiger partial charge in [0.15, 0.2) is 0 Å². The van der Waals surface area contributed by atoms with Crippen molar-refractivity contribution in [1.29, 1.82) is 0 Å². The standard InChI is InChI=1S/C14H21N3O5S/c1-14(2,3)22-13(18)16-6-10-7-17(15-12(10)8-16)23(19,20)11-4-5-21-9-11/h7,11H,4-6,8-9H2,1-3H3. The summed E-state index contributed by atoms with van der Waals surface area (Å²) < 4.78 is 36.4. The van der Waals surface area contributed by atoms with E-state index in [1.54, 1.807) is 20.8 Å². The summed E-state index contributed by atoms with van der Waals surface area (Å²) in [6, 6.07) is 0. The summed E-state index contributed by atoms with van der Waals surface area (Å²) >= 11 is 0. The molecule has 3 heterocycles. The summed E-state index contributed by atoms with van der Waals surface area (Å²) in [7, 11) is -3.54. The van der Waals surface area contributed by atoms with Crippen molar-refractivity contribution in [2.75, 3.05) is 13.2 Å². The molecule has 0 saturated carbocycles. The summed E-state index contributed by atoms with van der Waals surface area (Å²) in [5, 5.41) is 3.61. The van der Waals surface area contributed by atoms with Gasteiger partial charge in [0.2, 0.25) is 0 Å². The molecule has 0 N–H and O–H groups in total. The lowest BCUT2D eigenvalue weighted by Gasteiger charge is -2.24. The van der Waals surface area contributed by atoms with Crippen molar-refractivity contribution in [3.05, 3.63) is 17.5 Å². The van der Waals surface area contributed by atoms with E-state index in [-0.39, 0.29) is 13.2 Å². The van der Waals surface area contributed by atoms with Crippen LogP contribution in [0, 0.1) is 0 Å². The maximum absolute atomic E-state index is 12.5. The minimum absolute atomic E-state index is 0.205. The van der Waals surface area contributed by atoms with Gasteiger partial charge in [-0.25, -0.2) is 13.2 Å². The highest BCUT2D eigenvalue weighted by Gasteiger charge is 2.35. The van der Waals surface area contributed by atoms with Gasteiger partial charge in [0.1, 0.15) is 10.9 Å². The molecular weight excluding hydrogens is 322 g/mol. The number of fused-ring (bicyclic) bond motifs is 1. The largest absolute Gasteiger partial charge is 0.444 e. The number of hydrogen-bond donors (Lipinski definition) is 0. The Bertz CT molecular complexity index is 690. The number of ether oxygens (including phenoxy) is 2. The molecule has 0 aliphatic carbocycles. The third kappa shape index (κ3) is 3.20. The molecule has 1 unspecified atom stereocenters. The summed E-state index contributed by atoms with van der Waals surface area (Å²) in [4.78, 5) is 13.6. The van der Waals surface area contributed by atoms with Crippen LogP contribution in [0.3, 0.4) is 0 Å². The van der Waals surface area contributed by atoms with Crippen molar-refractivity contribution in [1.82, 2.24) is 14.1 Å². The van der Waals surface area contributed by atoms with Crippen LogP contribution in [0.5, 0.6) is 0 Å². The average molecular weight is 343 g/mol. The summed E-state index contributed by atoms with van der Waals surface area (Å²) in [5.74, 6) is 0. The van der Waals surface area contributed by atoms with Crippen molar-refractivity contribution in [2.45, 2.75) is 51.1 Å². The molecule has 1 aromatic heterocycles. The summed E-state index contributed by atoms with van der Waals surface area (Å²) in [6.45, 7) is 6.63. The van der Waals surface area contributed by atoms with Gasteiger partial charge < -0.3 is 9.47 Å². The van der Waals surface area contributed by atoms with E-state index in [2.05, 4.69) is 5.10 Å². The second-order valence-electron chi connectivity index (χ2n) is 6.84. The highest BCUT2D eigenvalue weighted by Crippen LogP contribution is 2.25. The Morgan fingerprint density at radius 3 is 2.70 bits per heavy atom. The Morgan fingerprint density at radius 1 is 1.39 bits per heavy atom. The minimum atomic E-state index is -3.54. The lowest BCUT2D eigenvalue weighted by molar-refractivity contribution is 0.0239. The third-order valence-corrected chi connectivity index (χ3v) is 5.70. The van der Waals surface area contributed by atoms with E-state index in [4.69, 9.17) is 9.47 Å². The Kier molecular flexibility index (Phi) is 3.88.